The van der Waals surface area contributed by atoms with Gasteiger partial charge in [-0.15, -0.1) is 0 Å². The molecule has 0 saturated heterocycles. The van der Waals surface area contributed by atoms with E-state index < -0.39 is 0 Å². The molecule has 2 aromatic carbocycles. The highest BCUT2D eigenvalue weighted by molar-refractivity contribution is 5.94. The van der Waals surface area contributed by atoms with Crippen molar-refractivity contribution in [1.29, 1.82) is 0 Å². The zero-order valence-corrected chi connectivity index (χ0v) is 23.2. The van der Waals surface area contributed by atoms with Crippen LogP contribution < -0.4 is 35.9 Å². The summed E-state index contributed by atoms with van der Waals surface area (Å²) in [6, 6.07) is 10.7. The monoisotopic (exact) mass is 513 g/mol. The summed E-state index contributed by atoms with van der Waals surface area (Å²) < 4.78 is 25.8. The van der Waals surface area contributed by atoms with Gasteiger partial charge < -0.3 is 31.4 Å². The number of fused-ring (bicyclic) bond motifs is 4. The number of nitrogens with zero attached hydrogens (tertiary/aromatic N) is 1. The predicted octanol–water partition coefficient (Wildman–Crippen LogP) is 3.68. The van der Waals surface area contributed by atoms with Gasteiger partial charge in [-0.25, -0.2) is 0 Å². The lowest BCUT2D eigenvalue weighted by Gasteiger charge is -2.21. The van der Waals surface area contributed by atoms with Crippen LogP contribution in [-0.4, -0.2) is 27.9 Å². The van der Waals surface area contributed by atoms with Gasteiger partial charge in [0.25, 0.3) is 0 Å². The van der Waals surface area contributed by atoms with Gasteiger partial charge in [0, 0.05) is 18.9 Å². The maximum Gasteiger partial charge on any atom is 0.213 e. The van der Waals surface area contributed by atoms with E-state index in [1.165, 1.54) is 54.6 Å². The van der Waals surface area contributed by atoms with E-state index in [4.69, 9.17) is 18.9 Å². The smallest absolute Gasteiger partial charge is 0.213 e. The molecule has 3 aromatic rings. The fraction of sp³-hybridized carbons (Fsp3) is 0.500. The summed E-state index contributed by atoms with van der Waals surface area (Å²) in [6.07, 6.45) is 9.38. The Hall–Kier alpha value is -2.66. The summed E-state index contributed by atoms with van der Waals surface area (Å²) in [4.78, 5) is 0. The Morgan fingerprint density at radius 1 is 0.806 bits per heavy atom. The van der Waals surface area contributed by atoms with Crippen LogP contribution in [0.15, 0.2) is 30.3 Å². The van der Waals surface area contributed by atoms with Gasteiger partial charge in [0.2, 0.25) is 5.69 Å². The highest BCUT2D eigenvalue weighted by Gasteiger charge is 2.31. The van der Waals surface area contributed by atoms with Crippen LogP contribution in [0, 0.1) is 0 Å². The molecule has 0 unspecified atom stereocenters. The van der Waals surface area contributed by atoms with Gasteiger partial charge in [-0.1, -0.05) is 46.0 Å². The zero-order valence-electron chi connectivity index (χ0n) is 22.4. The number of benzene rings is 2. The molecule has 0 saturated carbocycles. The number of aromatic nitrogens is 1. The van der Waals surface area contributed by atoms with E-state index in [-0.39, 0.29) is 12.4 Å². The number of hydrogen-bond donors (Lipinski definition) is 0. The average Bonchev–Trinajstić information content (AvgIpc) is 2.89. The number of ether oxygens (including phenoxy) is 4. The molecule has 6 heteroatoms. The number of aryl methyl sites for hydroxylation is 2. The third-order valence-corrected chi connectivity index (χ3v) is 7.14. The van der Waals surface area contributed by atoms with E-state index in [2.05, 4.69) is 42.7 Å². The fourth-order valence-corrected chi connectivity index (χ4v) is 5.33. The van der Waals surface area contributed by atoms with Crippen molar-refractivity contribution in [3.63, 3.8) is 0 Å². The first-order valence-corrected chi connectivity index (χ1v) is 13.1. The topological polar surface area (TPSA) is 40.8 Å². The molecule has 2 heterocycles. The maximum absolute atomic E-state index is 6.20. The van der Waals surface area contributed by atoms with Crippen LogP contribution in [0.1, 0.15) is 63.6 Å². The third-order valence-electron chi connectivity index (χ3n) is 7.14. The van der Waals surface area contributed by atoms with Crippen molar-refractivity contribution in [2.45, 2.75) is 71.8 Å². The molecule has 36 heavy (non-hydrogen) atoms. The van der Waals surface area contributed by atoms with Gasteiger partial charge in [-0.2, -0.15) is 4.57 Å². The highest BCUT2D eigenvalue weighted by atomic mass is 35.5. The number of pyridine rings is 1. The molecule has 0 bridgehead atoms. The lowest BCUT2D eigenvalue weighted by molar-refractivity contribution is -0.693. The van der Waals surface area contributed by atoms with E-state index >= 15 is 0 Å². The minimum absolute atomic E-state index is 0. The van der Waals surface area contributed by atoms with Crippen molar-refractivity contribution < 1.29 is 35.9 Å². The van der Waals surface area contributed by atoms with Gasteiger partial charge >= 0.3 is 0 Å². The Morgan fingerprint density at radius 2 is 1.56 bits per heavy atom. The molecule has 0 atom stereocenters. The molecule has 1 aliphatic rings. The molecule has 1 aliphatic heterocycles. The lowest BCUT2D eigenvalue weighted by atomic mass is 9.93. The number of unbranched alkanes of at least 4 members (excludes halogenated alkanes) is 5. The first-order chi connectivity index (χ1) is 17.2. The van der Waals surface area contributed by atoms with Crippen LogP contribution in [0.5, 0.6) is 23.0 Å². The van der Waals surface area contributed by atoms with Crippen molar-refractivity contribution >= 4 is 10.8 Å². The molecule has 0 fully saturated rings. The van der Waals surface area contributed by atoms with E-state index in [1.807, 2.05) is 6.07 Å². The van der Waals surface area contributed by atoms with Crippen molar-refractivity contribution in [1.82, 2.24) is 0 Å². The first kappa shape index (κ1) is 27.9. The Kier molecular flexibility index (Phi) is 10.1. The van der Waals surface area contributed by atoms with Crippen molar-refractivity contribution in [3.05, 3.63) is 41.6 Å². The van der Waals surface area contributed by atoms with Gasteiger partial charge in [-0.3, -0.25) is 0 Å². The molecule has 1 aromatic heterocycles. The Balaban J connectivity index is 0.00000361. The van der Waals surface area contributed by atoms with E-state index in [0.29, 0.717) is 0 Å². The molecule has 0 radical (unpaired) electrons. The summed E-state index contributed by atoms with van der Waals surface area (Å²) in [5.74, 6) is 3.23. The molecule has 0 amide bonds. The second kappa shape index (κ2) is 13.0. The second-order valence-electron chi connectivity index (χ2n) is 9.27. The van der Waals surface area contributed by atoms with Crippen LogP contribution >= 0.6 is 0 Å². The standard InChI is InChI=1S/C30H40NO4.ClH/c1-6-8-9-10-11-12-17-35-28-19-21-15-16-31-24(7-2)29-22(13-14-26(32-3)30(29)34-5)18-25(31)23(21)20-27(28)33-4;/h13-14,18-20H,6-12,15-17H2,1-5H3;1H/q+1;/p-1. The van der Waals surface area contributed by atoms with E-state index in [9.17, 15) is 0 Å². The number of methoxy groups -OCH3 is 3. The van der Waals surface area contributed by atoms with E-state index in [1.54, 1.807) is 21.3 Å². The fourth-order valence-electron chi connectivity index (χ4n) is 5.33. The summed E-state index contributed by atoms with van der Waals surface area (Å²) in [5, 5.41) is 2.29. The normalized spacial score (nSPS) is 11.9. The molecular formula is C30H40ClNO4. The molecule has 0 N–H and O–H groups in total. The molecular weight excluding hydrogens is 474 g/mol. The van der Waals surface area contributed by atoms with Crippen LogP contribution in [0.25, 0.3) is 22.0 Å². The third kappa shape index (κ3) is 5.51. The lowest BCUT2D eigenvalue weighted by Crippen LogP contribution is -3.00. The summed E-state index contributed by atoms with van der Waals surface area (Å²) in [7, 11) is 5.13. The molecule has 5 nitrogen and oxygen atoms in total. The van der Waals surface area contributed by atoms with Crippen molar-refractivity contribution in [2.75, 3.05) is 27.9 Å². The highest BCUT2D eigenvalue weighted by Crippen LogP contribution is 2.41. The van der Waals surface area contributed by atoms with Crippen LogP contribution in [-0.2, 0) is 19.4 Å². The van der Waals surface area contributed by atoms with Gasteiger partial charge in [0.15, 0.2) is 35.2 Å². The minimum atomic E-state index is 0. The molecule has 4 rings (SSSR count). The summed E-state index contributed by atoms with van der Waals surface area (Å²) in [6.45, 7) is 6.11. The quantitative estimate of drug-likeness (QED) is 0.274. The second-order valence-corrected chi connectivity index (χ2v) is 9.27. The van der Waals surface area contributed by atoms with Crippen LogP contribution in [0.3, 0.4) is 0 Å². The van der Waals surface area contributed by atoms with Gasteiger partial charge in [-0.05, 0) is 41.6 Å². The van der Waals surface area contributed by atoms with Gasteiger partial charge in [0.1, 0.15) is 0 Å². The van der Waals surface area contributed by atoms with Gasteiger partial charge in [0.05, 0.1) is 38.9 Å². The molecule has 0 spiro atoms. The first-order valence-electron chi connectivity index (χ1n) is 13.1. The summed E-state index contributed by atoms with van der Waals surface area (Å²) >= 11 is 0. The molecule has 0 aliphatic carbocycles. The minimum Gasteiger partial charge on any atom is -1.00 e. The van der Waals surface area contributed by atoms with Crippen LogP contribution in [0.4, 0.5) is 0 Å². The summed E-state index contributed by atoms with van der Waals surface area (Å²) in [5.41, 5.74) is 5.00. The van der Waals surface area contributed by atoms with E-state index in [0.717, 1.165) is 66.2 Å². The maximum atomic E-state index is 6.20. The number of halogens is 1. The number of rotatable bonds is 12. The zero-order chi connectivity index (χ0) is 24.8. The average molecular weight is 514 g/mol. The van der Waals surface area contributed by atoms with Crippen LogP contribution in [0.2, 0.25) is 0 Å². The Labute approximate surface area is 222 Å². The van der Waals surface area contributed by atoms with Crippen molar-refractivity contribution in [3.8, 4) is 34.3 Å². The SMILES string of the molecule is CCCCCCCCOc1cc2c(cc1OC)-c1cc3ccc(OC)c(OC)c3c(CC)[n+]1CC2.[Cl-]. The number of hydrogen-bond acceptors (Lipinski definition) is 4. The molecule has 196 valence electrons. The largest absolute Gasteiger partial charge is 1.00 e. The Morgan fingerprint density at radius 3 is 2.25 bits per heavy atom. The predicted molar refractivity (Wildman–Crippen MR) is 141 cm³/mol. The van der Waals surface area contributed by atoms with Crippen molar-refractivity contribution in [2.24, 2.45) is 0 Å². The Bertz CT molecular complexity index is 1180.